The van der Waals surface area contributed by atoms with Crippen molar-refractivity contribution in [1.29, 1.82) is 0 Å². The Balaban J connectivity index is 2.08. The molecule has 0 aliphatic heterocycles. The Morgan fingerprint density at radius 1 is 1.14 bits per heavy atom. The van der Waals surface area contributed by atoms with E-state index in [4.69, 9.17) is 5.73 Å². The number of fused-ring (bicyclic) bond motifs is 1. The van der Waals surface area contributed by atoms with Crippen molar-refractivity contribution >= 4 is 59.8 Å². The molecule has 0 aliphatic carbocycles. The molecular formula is C14H10Br2N4O. The number of aromatic amines is 1. The van der Waals surface area contributed by atoms with Crippen molar-refractivity contribution in [1.82, 2.24) is 9.97 Å². The van der Waals surface area contributed by atoms with Gasteiger partial charge in [-0.15, -0.1) is 0 Å². The van der Waals surface area contributed by atoms with Gasteiger partial charge in [0, 0.05) is 8.95 Å². The molecule has 1 heterocycles. The number of H-pyrrole nitrogens is 1. The minimum Gasteiger partial charge on any atom is -0.397 e. The lowest BCUT2D eigenvalue weighted by atomic mass is 10.2. The molecule has 0 amide bonds. The van der Waals surface area contributed by atoms with Crippen LogP contribution in [0, 0.1) is 0 Å². The molecule has 5 nitrogen and oxygen atoms in total. The van der Waals surface area contributed by atoms with Gasteiger partial charge < -0.3 is 16.0 Å². The summed E-state index contributed by atoms with van der Waals surface area (Å²) >= 11 is 6.89. The van der Waals surface area contributed by atoms with E-state index >= 15 is 0 Å². The summed E-state index contributed by atoms with van der Waals surface area (Å²) in [6.45, 7) is 0. The molecule has 106 valence electrons. The number of hydrogen-bond acceptors (Lipinski definition) is 4. The molecule has 0 radical (unpaired) electrons. The summed E-state index contributed by atoms with van der Waals surface area (Å²) in [7, 11) is 0. The van der Waals surface area contributed by atoms with E-state index in [-0.39, 0.29) is 5.56 Å². The molecule has 0 aliphatic rings. The Bertz CT molecular complexity index is 892. The molecule has 7 heteroatoms. The second kappa shape index (κ2) is 5.50. The van der Waals surface area contributed by atoms with Crippen molar-refractivity contribution in [2.45, 2.75) is 0 Å². The molecule has 0 atom stereocenters. The highest BCUT2D eigenvalue weighted by Gasteiger charge is 2.08. The standard InChI is InChI=1S/C14H10Br2N4O/c15-7-1-2-11(9(16)3-7)20-13-5-12-8(4-10(13)17)14(21)19-6-18-12/h1-6,20H,17H2,(H,18,19,21). The summed E-state index contributed by atoms with van der Waals surface area (Å²) in [5.74, 6) is 0. The van der Waals surface area contributed by atoms with Gasteiger partial charge in [-0.25, -0.2) is 4.98 Å². The van der Waals surface area contributed by atoms with Gasteiger partial charge in [0.1, 0.15) is 0 Å². The first-order chi connectivity index (χ1) is 10.0. The van der Waals surface area contributed by atoms with Gasteiger partial charge in [0.15, 0.2) is 0 Å². The number of hydrogen-bond donors (Lipinski definition) is 3. The zero-order valence-corrected chi connectivity index (χ0v) is 13.8. The van der Waals surface area contributed by atoms with Crippen LogP contribution in [-0.2, 0) is 0 Å². The molecule has 1 aromatic heterocycles. The van der Waals surface area contributed by atoms with Gasteiger partial charge in [-0.2, -0.15) is 0 Å². The highest BCUT2D eigenvalue weighted by molar-refractivity contribution is 9.11. The number of nitrogens with zero attached hydrogens (tertiary/aromatic N) is 1. The smallest absolute Gasteiger partial charge is 0.258 e. The van der Waals surface area contributed by atoms with Gasteiger partial charge in [0.05, 0.1) is 34.3 Å². The fourth-order valence-corrected chi connectivity index (χ4v) is 3.12. The topological polar surface area (TPSA) is 83.8 Å². The lowest BCUT2D eigenvalue weighted by molar-refractivity contribution is 1.17. The number of aromatic nitrogens is 2. The van der Waals surface area contributed by atoms with Gasteiger partial charge in [-0.05, 0) is 46.3 Å². The van der Waals surface area contributed by atoms with Crippen molar-refractivity contribution in [3.05, 3.63) is 56.0 Å². The van der Waals surface area contributed by atoms with Crippen LogP contribution in [0.4, 0.5) is 17.1 Å². The van der Waals surface area contributed by atoms with Crippen molar-refractivity contribution in [2.75, 3.05) is 11.1 Å². The number of nitrogens with two attached hydrogens (primary N) is 1. The monoisotopic (exact) mass is 408 g/mol. The Kier molecular flexibility index (Phi) is 3.69. The largest absolute Gasteiger partial charge is 0.397 e. The van der Waals surface area contributed by atoms with E-state index in [0.717, 1.165) is 14.6 Å². The highest BCUT2D eigenvalue weighted by atomic mass is 79.9. The number of rotatable bonds is 2. The van der Waals surface area contributed by atoms with Gasteiger partial charge in [0.2, 0.25) is 0 Å². The van der Waals surface area contributed by atoms with Crippen LogP contribution in [0.2, 0.25) is 0 Å². The van der Waals surface area contributed by atoms with Crippen molar-refractivity contribution < 1.29 is 0 Å². The molecule has 21 heavy (non-hydrogen) atoms. The van der Waals surface area contributed by atoms with Crippen LogP contribution < -0.4 is 16.6 Å². The predicted octanol–water partition coefficient (Wildman–Crippen LogP) is 3.77. The third-order valence-electron chi connectivity index (χ3n) is 3.01. The first-order valence-electron chi connectivity index (χ1n) is 6.03. The third-order valence-corrected chi connectivity index (χ3v) is 4.16. The summed E-state index contributed by atoms with van der Waals surface area (Å²) in [6.07, 6.45) is 1.38. The first-order valence-corrected chi connectivity index (χ1v) is 7.62. The lowest BCUT2D eigenvalue weighted by Crippen LogP contribution is -2.07. The van der Waals surface area contributed by atoms with E-state index in [1.807, 2.05) is 18.2 Å². The molecule has 0 fully saturated rings. The maximum absolute atomic E-state index is 11.7. The van der Waals surface area contributed by atoms with Gasteiger partial charge in [-0.3, -0.25) is 4.79 Å². The molecule has 0 bridgehead atoms. The molecule has 0 saturated heterocycles. The second-order valence-corrected chi connectivity index (χ2v) is 6.21. The van der Waals surface area contributed by atoms with Crippen LogP contribution >= 0.6 is 31.9 Å². The van der Waals surface area contributed by atoms with Crippen LogP contribution in [0.15, 0.2) is 50.4 Å². The Morgan fingerprint density at radius 3 is 2.71 bits per heavy atom. The van der Waals surface area contributed by atoms with Crippen LogP contribution in [0.1, 0.15) is 0 Å². The number of anilines is 3. The van der Waals surface area contributed by atoms with Gasteiger partial charge in [0.25, 0.3) is 5.56 Å². The van der Waals surface area contributed by atoms with Crippen LogP contribution in [-0.4, -0.2) is 9.97 Å². The fourth-order valence-electron chi connectivity index (χ4n) is 1.98. The summed E-state index contributed by atoms with van der Waals surface area (Å²) < 4.78 is 1.87. The molecule has 4 N–H and O–H groups in total. The average Bonchev–Trinajstić information content (AvgIpc) is 2.44. The van der Waals surface area contributed by atoms with Crippen molar-refractivity contribution in [3.63, 3.8) is 0 Å². The average molecular weight is 410 g/mol. The van der Waals surface area contributed by atoms with Crippen molar-refractivity contribution in [2.24, 2.45) is 0 Å². The van der Waals surface area contributed by atoms with Crippen LogP contribution in [0.3, 0.4) is 0 Å². The molecular weight excluding hydrogens is 400 g/mol. The lowest BCUT2D eigenvalue weighted by Gasteiger charge is -2.12. The maximum Gasteiger partial charge on any atom is 0.258 e. The number of nitrogens with one attached hydrogen (secondary N) is 2. The minimum atomic E-state index is -0.205. The summed E-state index contributed by atoms with van der Waals surface area (Å²) in [5.41, 5.74) is 8.45. The zero-order chi connectivity index (χ0) is 15.0. The summed E-state index contributed by atoms with van der Waals surface area (Å²) in [5, 5.41) is 3.70. The maximum atomic E-state index is 11.7. The summed E-state index contributed by atoms with van der Waals surface area (Å²) in [4.78, 5) is 18.4. The second-order valence-electron chi connectivity index (χ2n) is 4.44. The number of nitrogen functional groups attached to an aromatic ring is 1. The van der Waals surface area contributed by atoms with E-state index in [1.165, 1.54) is 6.33 Å². The number of benzene rings is 2. The van der Waals surface area contributed by atoms with E-state index in [0.29, 0.717) is 22.3 Å². The van der Waals surface area contributed by atoms with Crippen LogP contribution in [0.5, 0.6) is 0 Å². The molecule has 0 unspecified atom stereocenters. The normalized spacial score (nSPS) is 10.8. The molecule has 0 saturated carbocycles. The van der Waals surface area contributed by atoms with E-state index in [2.05, 4.69) is 47.1 Å². The predicted molar refractivity (Wildman–Crippen MR) is 91.9 cm³/mol. The Hall–Kier alpha value is -1.86. The third kappa shape index (κ3) is 2.79. The van der Waals surface area contributed by atoms with Gasteiger partial charge >= 0.3 is 0 Å². The van der Waals surface area contributed by atoms with E-state index < -0.39 is 0 Å². The zero-order valence-electron chi connectivity index (χ0n) is 10.7. The minimum absolute atomic E-state index is 0.205. The van der Waals surface area contributed by atoms with Crippen LogP contribution in [0.25, 0.3) is 10.9 Å². The highest BCUT2D eigenvalue weighted by Crippen LogP contribution is 2.32. The SMILES string of the molecule is Nc1cc2c(=O)[nH]cnc2cc1Nc1ccc(Br)cc1Br. The molecule has 3 aromatic rings. The fraction of sp³-hybridized carbons (Fsp3) is 0. The molecule has 2 aromatic carbocycles. The molecule has 3 rings (SSSR count). The Morgan fingerprint density at radius 2 is 1.95 bits per heavy atom. The number of halogens is 2. The first kappa shape index (κ1) is 14.1. The van der Waals surface area contributed by atoms with E-state index in [9.17, 15) is 4.79 Å². The van der Waals surface area contributed by atoms with E-state index in [1.54, 1.807) is 12.1 Å². The molecule has 0 spiro atoms. The Labute approximate surface area is 136 Å². The summed E-state index contributed by atoms with van der Waals surface area (Å²) in [6, 6.07) is 9.16. The quantitative estimate of drug-likeness (QED) is 0.562. The van der Waals surface area contributed by atoms with Crippen molar-refractivity contribution in [3.8, 4) is 0 Å². The van der Waals surface area contributed by atoms with Gasteiger partial charge in [-0.1, -0.05) is 15.9 Å².